The predicted octanol–water partition coefficient (Wildman–Crippen LogP) is 1.48. The molecule has 1 aromatic carbocycles. The van der Waals surface area contributed by atoms with E-state index in [0.29, 0.717) is 6.67 Å². The molecular weight excluding hydrogens is 270 g/mol. The van der Waals surface area contributed by atoms with E-state index in [9.17, 15) is 22.9 Å². The number of nitrogens with one attached hydrogen (secondary N) is 1. The van der Waals surface area contributed by atoms with Crippen LogP contribution in [-0.2, 0) is 6.18 Å². The van der Waals surface area contributed by atoms with E-state index in [1.807, 2.05) is 0 Å². The Morgan fingerprint density at radius 3 is 2.39 bits per heavy atom. The maximum absolute atomic E-state index is 12.3. The van der Waals surface area contributed by atoms with Crippen LogP contribution in [0.2, 0.25) is 0 Å². The largest absolute Gasteiger partial charge is 0.593 e. The third kappa shape index (κ3) is 3.11. The molecule has 1 aliphatic heterocycles. The fourth-order valence-electron chi connectivity index (χ4n) is 1.14. The zero-order chi connectivity index (χ0) is 13.3. The molecule has 5 nitrogen and oxygen atoms in total. The Hall–Kier alpha value is -1.34. The van der Waals surface area contributed by atoms with E-state index in [2.05, 4.69) is 10.2 Å². The number of nitrogens with zero attached hydrogens (tertiary/aromatic N) is 2. The van der Waals surface area contributed by atoms with E-state index in [-0.39, 0.29) is 5.56 Å². The predicted molar refractivity (Wildman–Crippen MR) is 55.0 cm³/mol. The second-order valence-electron chi connectivity index (χ2n) is 3.45. The van der Waals surface area contributed by atoms with Crippen LogP contribution in [0.5, 0.6) is 0 Å². The highest BCUT2D eigenvalue weighted by Crippen LogP contribution is 2.30. The van der Waals surface area contributed by atoms with Crippen molar-refractivity contribution < 1.29 is 22.9 Å². The van der Waals surface area contributed by atoms with E-state index in [0.717, 1.165) is 24.3 Å². The fraction of sp³-hybridized carbons (Fsp3) is 0.222. The average Bonchev–Trinajstić information content (AvgIpc) is 3.11. The van der Waals surface area contributed by atoms with Gasteiger partial charge < -0.3 is 4.89 Å². The summed E-state index contributed by atoms with van der Waals surface area (Å²) in [5.74, 6) is -0.807. The van der Waals surface area contributed by atoms with Gasteiger partial charge in [0.2, 0.25) is 0 Å². The third-order valence-corrected chi connectivity index (χ3v) is 3.19. The summed E-state index contributed by atoms with van der Waals surface area (Å²) in [7, 11) is -2.20. The summed E-state index contributed by atoms with van der Waals surface area (Å²) in [6.07, 6.45) is -4.45. The second kappa shape index (κ2) is 4.74. The van der Waals surface area contributed by atoms with Gasteiger partial charge in [-0.05, 0) is 33.8 Å². The molecular formula is C9H7F3N3O2P. The highest BCUT2D eigenvalue weighted by molar-refractivity contribution is 7.37. The molecule has 96 valence electrons. The summed E-state index contributed by atoms with van der Waals surface area (Å²) in [5.41, 5.74) is 1.69. The molecule has 0 bridgehead atoms. The lowest BCUT2D eigenvalue weighted by atomic mass is 10.1. The van der Waals surface area contributed by atoms with Crippen molar-refractivity contribution in [3.63, 3.8) is 0 Å². The number of hydrogen-bond acceptors (Lipinski definition) is 3. The quantitative estimate of drug-likeness (QED) is 0.656. The molecule has 2 unspecified atom stereocenters. The Morgan fingerprint density at radius 2 is 1.94 bits per heavy atom. The first-order valence-corrected chi connectivity index (χ1v) is 5.96. The summed E-state index contributed by atoms with van der Waals surface area (Å²) >= 11 is 0. The highest BCUT2D eigenvalue weighted by Gasteiger charge is 2.31. The van der Waals surface area contributed by atoms with Gasteiger partial charge in [0.05, 0.1) is 5.56 Å². The first-order valence-electron chi connectivity index (χ1n) is 4.79. The Bertz CT molecular complexity index is 497. The maximum Gasteiger partial charge on any atom is 0.416 e. The first kappa shape index (κ1) is 13.1. The van der Waals surface area contributed by atoms with Crippen LogP contribution in [0.25, 0.3) is 0 Å². The lowest BCUT2D eigenvalue weighted by molar-refractivity contribution is -0.162. The summed E-state index contributed by atoms with van der Waals surface area (Å²) in [6.45, 7) is 0.374. The molecule has 9 heteroatoms. The SMILES string of the molecule is O=C(N=[P+]([O-])N1CN1)c1ccc(C(F)(F)F)cc1. The number of hydrogen-bond donors (Lipinski definition) is 1. The number of rotatable bonds is 2. The smallest absolute Gasteiger partial charge is 0.416 e. The van der Waals surface area contributed by atoms with Gasteiger partial charge in [-0.3, -0.25) is 4.79 Å². The second-order valence-corrected chi connectivity index (χ2v) is 4.64. The molecule has 1 N–H and O–H groups in total. The Kier molecular flexibility index (Phi) is 3.45. The number of carbonyl (C=O) groups is 1. The van der Waals surface area contributed by atoms with Gasteiger partial charge in [0.15, 0.2) is 0 Å². The van der Waals surface area contributed by atoms with Crippen LogP contribution in [0, 0.1) is 0 Å². The summed E-state index contributed by atoms with van der Waals surface area (Å²) in [5, 5.41) is 0. The molecule has 1 aliphatic rings. The van der Waals surface area contributed by atoms with E-state index in [1.165, 1.54) is 4.78 Å². The van der Waals surface area contributed by atoms with Gasteiger partial charge in [0.25, 0.3) is 8.09 Å². The molecule has 0 radical (unpaired) electrons. The van der Waals surface area contributed by atoms with Crippen molar-refractivity contribution in [3.8, 4) is 0 Å². The van der Waals surface area contributed by atoms with Gasteiger partial charge >= 0.3 is 12.1 Å². The van der Waals surface area contributed by atoms with Gasteiger partial charge in [-0.15, -0.1) is 0 Å². The number of alkyl halides is 3. The minimum absolute atomic E-state index is 0.0341. The third-order valence-electron chi connectivity index (χ3n) is 2.14. The molecule has 2 atom stereocenters. The zero-order valence-corrected chi connectivity index (χ0v) is 9.70. The molecule has 1 aromatic rings. The van der Waals surface area contributed by atoms with Crippen molar-refractivity contribution in [2.24, 2.45) is 4.74 Å². The van der Waals surface area contributed by atoms with Crippen LogP contribution < -0.4 is 10.3 Å². The number of hydrazine groups is 1. The number of halogens is 3. The number of amides is 1. The molecule has 18 heavy (non-hydrogen) atoms. The molecule has 1 fully saturated rings. The number of carbonyl (C=O) groups excluding carboxylic acids is 1. The van der Waals surface area contributed by atoms with Crippen LogP contribution >= 0.6 is 8.09 Å². The van der Waals surface area contributed by atoms with Gasteiger partial charge in [0.1, 0.15) is 6.67 Å². The van der Waals surface area contributed by atoms with Crippen molar-refractivity contribution >= 4 is 14.0 Å². The highest BCUT2D eigenvalue weighted by atomic mass is 31.1. The fourth-order valence-corrected chi connectivity index (χ4v) is 1.83. The van der Waals surface area contributed by atoms with E-state index in [1.54, 1.807) is 0 Å². The first-order chi connectivity index (χ1) is 8.38. The Balaban J connectivity index is 2.14. The number of benzene rings is 1. The van der Waals surface area contributed by atoms with Gasteiger partial charge in [-0.2, -0.15) is 18.6 Å². The standard InChI is InChI=1S/C9H7F3N3O2P/c10-9(11,12)7-3-1-6(2-4-7)8(16)14-18(17)15-5-13-15/h1-4,13H,5H2. The molecule has 0 aliphatic carbocycles. The maximum atomic E-state index is 12.3. The van der Waals surface area contributed by atoms with Crippen LogP contribution in [0.15, 0.2) is 29.0 Å². The van der Waals surface area contributed by atoms with Crippen LogP contribution in [0.3, 0.4) is 0 Å². The molecule has 0 aromatic heterocycles. The molecule has 0 spiro atoms. The van der Waals surface area contributed by atoms with Gasteiger partial charge in [-0.25, -0.2) is 0 Å². The van der Waals surface area contributed by atoms with Crippen LogP contribution in [0.1, 0.15) is 15.9 Å². The topological polar surface area (TPSA) is 77.4 Å². The van der Waals surface area contributed by atoms with Crippen LogP contribution in [0.4, 0.5) is 13.2 Å². The van der Waals surface area contributed by atoms with Crippen molar-refractivity contribution in [2.45, 2.75) is 6.18 Å². The summed E-state index contributed by atoms with van der Waals surface area (Å²) in [4.78, 5) is 22.7. The molecule has 1 saturated heterocycles. The summed E-state index contributed by atoms with van der Waals surface area (Å²) in [6, 6.07) is 3.58. The monoisotopic (exact) mass is 277 g/mol. The van der Waals surface area contributed by atoms with Crippen molar-refractivity contribution in [3.05, 3.63) is 35.4 Å². The normalized spacial score (nSPS) is 19.8. The minimum atomic E-state index is -4.45. The van der Waals surface area contributed by atoms with Gasteiger partial charge in [-0.1, -0.05) is 0 Å². The van der Waals surface area contributed by atoms with Crippen molar-refractivity contribution in [2.75, 3.05) is 6.67 Å². The van der Waals surface area contributed by atoms with E-state index < -0.39 is 25.7 Å². The Morgan fingerprint density at radius 1 is 1.39 bits per heavy atom. The summed E-state index contributed by atoms with van der Waals surface area (Å²) < 4.78 is 41.4. The van der Waals surface area contributed by atoms with E-state index >= 15 is 0 Å². The lowest BCUT2D eigenvalue weighted by Gasteiger charge is -2.05. The lowest BCUT2D eigenvalue weighted by Crippen LogP contribution is -2.06. The molecule has 0 saturated carbocycles. The van der Waals surface area contributed by atoms with Crippen LogP contribution in [-0.4, -0.2) is 17.4 Å². The zero-order valence-electron chi connectivity index (χ0n) is 8.81. The minimum Gasteiger partial charge on any atom is -0.593 e. The van der Waals surface area contributed by atoms with Gasteiger partial charge in [0, 0.05) is 5.56 Å². The Labute approximate surface area is 101 Å². The van der Waals surface area contributed by atoms with Crippen molar-refractivity contribution in [1.82, 2.24) is 10.2 Å². The average molecular weight is 277 g/mol. The molecule has 2 rings (SSSR count). The van der Waals surface area contributed by atoms with E-state index in [4.69, 9.17) is 0 Å². The molecule has 1 amide bonds. The van der Waals surface area contributed by atoms with Crippen molar-refractivity contribution in [1.29, 1.82) is 0 Å². The molecule has 1 heterocycles.